The van der Waals surface area contributed by atoms with Crippen molar-refractivity contribution in [3.63, 3.8) is 0 Å². The van der Waals surface area contributed by atoms with Gasteiger partial charge in [-0.2, -0.15) is 0 Å². The van der Waals surface area contributed by atoms with Crippen LogP contribution in [0.4, 0.5) is 0 Å². The van der Waals surface area contributed by atoms with Gasteiger partial charge in [-0.3, -0.25) is 0 Å². The van der Waals surface area contributed by atoms with Crippen LogP contribution in [0.1, 0.15) is 15.9 Å². The minimum Gasteiger partial charge on any atom is -0.465 e. The highest BCUT2D eigenvalue weighted by molar-refractivity contribution is 6.70. The number of oxime groups is 1. The quantitative estimate of drug-likeness (QED) is 0.392. The minimum absolute atomic E-state index is 0.0254. The fraction of sp³-hybridized carbons (Fsp3) is 0.0769. The summed E-state index contributed by atoms with van der Waals surface area (Å²) in [6.45, 7) is 0. The Bertz CT molecular complexity index is 637. The summed E-state index contributed by atoms with van der Waals surface area (Å²) in [4.78, 5) is 11.6. The topological polar surface area (TPSA) is 58.9 Å². The van der Waals surface area contributed by atoms with Crippen LogP contribution >= 0.6 is 11.6 Å². The van der Waals surface area contributed by atoms with E-state index in [1.165, 1.54) is 7.11 Å². The number of carbonyl (C=O) groups is 1. The Morgan fingerprint density at radius 1 is 1.17 bits per heavy atom. The Hall–Kier alpha value is -2.07. The van der Waals surface area contributed by atoms with E-state index in [-0.39, 0.29) is 5.17 Å². The molecule has 2 rings (SSSR count). The first-order valence-corrected chi connectivity index (χ1v) is 5.55. The van der Waals surface area contributed by atoms with Crippen molar-refractivity contribution in [3.8, 4) is 0 Å². The van der Waals surface area contributed by atoms with Gasteiger partial charge in [0.15, 0.2) is 5.17 Å². The van der Waals surface area contributed by atoms with Crippen LogP contribution in [0.3, 0.4) is 0 Å². The summed E-state index contributed by atoms with van der Waals surface area (Å²) in [5.41, 5.74) is 1.00. The molecular formula is C13H10ClNO3. The lowest BCUT2D eigenvalue weighted by molar-refractivity contribution is 0.0603. The van der Waals surface area contributed by atoms with Crippen molar-refractivity contribution in [3.05, 3.63) is 47.5 Å². The summed E-state index contributed by atoms with van der Waals surface area (Å²) in [5, 5.41) is 13.1. The van der Waals surface area contributed by atoms with Crippen molar-refractivity contribution in [2.45, 2.75) is 0 Å². The monoisotopic (exact) mass is 263 g/mol. The van der Waals surface area contributed by atoms with Gasteiger partial charge in [0.2, 0.25) is 0 Å². The molecule has 0 heterocycles. The Labute approximate surface area is 108 Å². The first kappa shape index (κ1) is 12.4. The number of benzene rings is 2. The van der Waals surface area contributed by atoms with Crippen LogP contribution in [-0.2, 0) is 4.74 Å². The molecule has 0 aliphatic heterocycles. The molecule has 2 aromatic carbocycles. The standard InChI is InChI=1S/C13H10ClNO3/c1-18-13(16)11-7-6-10(12(14)15-17)8-4-2-3-5-9(8)11/h2-7,17H,1H3/b15-12+. The molecule has 0 amide bonds. The number of hydrogen-bond donors (Lipinski definition) is 1. The highest BCUT2D eigenvalue weighted by Gasteiger charge is 2.14. The summed E-state index contributed by atoms with van der Waals surface area (Å²) in [6, 6.07) is 10.4. The van der Waals surface area contributed by atoms with E-state index < -0.39 is 5.97 Å². The molecular weight excluding hydrogens is 254 g/mol. The number of esters is 1. The SMILES string of the molecule is COC(=O)c1ccc(/C(Cl)=N\O)c2ccccc12. The lowest BCUT2D eigenvalue weighted by atomic mass is 10.00. The summed E-state index contributed by atoms with van der Waals surface area (Å²) in [7, 11) is 1.33. The molecule has 0 aliphatic rings. The molecule has 0 radical (unpaired) electrons. The van der Waals surface area contributed by atoms with Crippen LogP contribution in [0.2, 0.25) is 0 Å². The Morgan fingerprint density at radius 3 is 2.28 bits per heavy atom. The fourth-order valence-corrected chi connectivity index (χ4v) is 1.99. The molecule has 0 aromatic heterocycles. The molecule has 92 valence electrons. The largest absolute Gasteiger partial charge is 0.465 e. The van der Waals surface area contributed by atoms with E-state index >= 15 is 0 Å². The van der Waals surface area contributed by atoms with Gasteiger partial charge in [-0.25, -0.2) is 4.79 Å². The molecule has 0 atom stereocenters. The molecule has 0 saturated carbocycles. The number of ether oxygens (including phenoxy) is 1. The van der Waals surface area contributed by atoms with Gasteiger partial charge in [0.05, 0.1) is 12.7 Å². The minimum atomic E-state index is -0.421. The van der Waals surface area contributed by atoms with Crippen LogP contribution < -0.4 is 0 Å². The maximum atomic E-state index is 11.6. The van der Waals surface area contributed by atoms with Crippen molar-refractivity contribution < 1.29 is 14.7 Å². The second-order valence-electron chi connectivity index (χ2n) is 3.59. The number of nitrogens with zero attached hydrogens (tertiary/aromatic N) is 1. The third-order valence-electron chi connectivity index (χ3n) is 2.64. The molecule has 0 spiro atoms. The highest BCUT2D eigenvalue weighted by Crippen LogP contribution is 2.25. The van der Waals surface area contributed by atoms with Crippen LogP contribution in [0.15, 0.2) is 41.6 Å². The zero-order chi connectivity index (χ0) is 13.1. The van der Waals surface area contributed by atoms with E-state index in [4.69, 9.17) is 21.5 Å². The van der Waals surface area contributed by atoms with Gasteiger partial charge in [0.1, 0.15) is 0 Å². The average molecular weight is 264 g/mol. The molecule has 0 aliphatic carbocycles. The molecule has 0 bridgehead atoms. The first-order chi connectivity index (χ1) is 8.69. The predicted octanol–water partition coefficient (Wildman–Crippen LogP) is 3.00. The summed E-state index contributed by atoms with van der Waals surface area (Å²) in [6.07, 6.45) is 0. The van der Waals surface area contributed by atoms with Gasteiger partial charge in [0.25, 0.3) is 0 Å². The van der Waals surface area contributed by atoms with Crippen LogP contribution in [0.25, 0.3) is 10.8 Å². The third-order valence-corrected chi connectivity index (χ3v) is 2.92. The van der Waals surface area contributed by atoms with Gasteiger partial charge in [-0.1, -0.05) is 47.1 Å². The van der Waals surface area contributed by atoms with Crippen molar-refractivity contribution in [2.75, 3.05) is 7.11 Å². The van der Waals surface area contributed by atoms with Crippen molar-refractivity contribution in [1.82, 2.24) is 0 Å². The second-order valence-corrected chi connectivity index (χ2v) is 3.95. The molecule has 2 aromatic rings. The van der Waals surface area contributed by atoms with E-state index in [1.54, 1.807) is 24.3 Å². The molecule has 0 saturated heterocycles. The van der Waals surface area contributed by atoms with E-state index in [0.717, 1.165) is 5.39 Å². The molecule has 4 nitrogen and oxygen atoms in total. The van der Waals surface area contributed by atoms with Gasteiger partial charge in [0, 0.05) is 5.56 Å². The Kier molecular flexibility index (Phi) is 3.48. The lowest BCUT2D eigenvalue weighted by Crippen LogP contribution is -2.04. The van der Waals surface area contributed by atoms with Crippen molar-refractivity contribution in [2.24, 2.45) is 5.16 Å². The number of hydrogen-bond acceptors (Lipinski definition) is 4. The highest BCUT2D eigenvalue weighted by atomic mass is 35.5. The smallest absolute Gasteiger partial charge is 0.338 e. The number of carbonyl (C=O) groups excluding carboxylic acids is 1. The van der Waals surface area contributed by atoms with Crippen molar-refractivity contribution in [1.29, 1.82) is 0 Å². The van der Waals surface area contributed by atoms with Gasteiger partial charge >= 0.3 is 5.97 Å². The van der Waals surface area contributed by atoms with Gasteiger partial charge in [-0.15, -0.1) is 0 Å². The maximum Gasteiger partial charge on any atom is 0.338 e. The molecule has 1 N–H and O–H groups in total. The van der Waals surface area contributed by atoms with Gasteiger partial charge in [-0.05, 0) is 16.8 Å². The van der Waals surface area contributed by atoms with Gasteiger partial charge < -0.3 is 9.94 Å². The normalized spacial score (nSPS) is 11.6. The number of halogens is 1. The second kappa shape index (κ2) is 5.06. The number of rotatable bonds is 2. The lowest BCUT2D eigenvalue weighted by Gasteiger charge is -2.08. The Morgan fingerprint density at radius 2 is 1.72 bits per heavy atom. The van der Waals surface area contributed by atoms with E-state index in [9.17, 15) is 4.79 Å². The van der Waals surface area contributed by atoms with E-state index in [2.05, 4.69) is 5.16 Å². The number of methoxy groups -OCH3 is 1. The van der Waals surface area contributed by atoms with E-state index in [0.29, 0.717) is 16.5 Å². The maximum absolute atomic E-state index is 11.6. The zero-order valence-corrected chi connectivity index (χ0v) is 10.3. The molecule has 0 fully saturated rings. The first-order valence-electron chi connectivity index (χ1n) is 5.17. The average Bonchev–Trinajstić information content (AvgIpc) is 2.44. The number of fused-ring (bicyclic) bond motifs is 1. The van der Waals surface area contributed by atoms with E-state index in [1.807, 2.05) is 12.1 Å². The molecule has 5 heteroatoms. The Balaban J connectivity index is 2.78. The molecule has 18 heavy (non-hydrogen) atoms. The zero-order valence-electron chi connectivity index (χ0n) is 9.55. The summed E-state index contributed by atoms with van der Waals surface area (Å²) in [5.74, 6) is -0.421. The third kappa shape index (κ3) is 2.02. The van der Waals surface area contributed by atoms with Crippen LogP contribution in [0.5, 0.6) is 0 Å². The van der Waals surface area contributed by atoms with Crippen LogP contribution in [0, 0.1) is 0 Å². The predicted molar refractivity (Wildman–Crippen MR) is 69.5 cm³/mol. The van der Waals surface area contributed by atoms with Crippen LogP contribution in [-0.4, -0.2) is 23.5 Å². The van der Waals surface area contributed by atoms with Crippen molar-refractivity contribution >= 4 is 33.5 Å². The summed E-state index contributed by atoms with van der Waals surface area (Å²) >= 11 is 5.82. The fourth-order valence-electron chi connectivity index (χ4n) is 1.82. The molecule has 0 unspecified atom stereocenters. The summed E-state index contributed by atoms with van der Waals surface area (Å²) < 4.78 is 4.72.